The molecule has 16 heavy (non-hydrogen) atoms. The second kappa shape index (κ2) is 7.63. The summed E-state index contributed by atoms with van der Waals surface area (Å²) in [5.74, 6) is 0. The van der Waals surface area contributed by atoms with Gasteiger partial charge in [-0.1, -0.05) is 31.9 Å². The van der Waals surface area contributed by atoms with Gasteiger partial charge in [-0.3, -0.25) is 0 Å². The highest BCUT2D eigenvalue weighted by Crippen LogP contribution is 2.43. The van der Waals surface area contributed by atoms with Gasteiger partial charge in [0, 0.05) is 26.9 Å². The van der Waals surface area contributed by atoms with Gasteiger partial charge in [0.15, 0.2) is 0 Å². The van der Waals surface area contributed by atoms with Gasteiger partial charge in [0.2, 0.25) is 0 Å². The van der Waals surface area contributed by atoms with Crippen molar-refractivity contribution in [3.8, 4) is 0 Å². The maximum Gasteiger partial charge on any atom is 0.0479 e. The predicted molar refractivity (Wildman–Crippen MR) is 93.1 cm³/mol. The first kappa shape index (κ1) is 16.2. The van der Waals surface area contributed by atoms with E-state index in [1.54, 1.807) is 0 Å². The van der Waals surface area contributed by atoms with Crippen LogP contribution in [0.15, 0.2) is 26.9 Å². The third-order valence-electron chi connectivity index (χ3n) is 2.10. The molecule has 1 aliphatic carbocycles. The number of hydrogen-bond donors (Lipinski definition) is 0. The third-order valence-corrected chi connectivity index (χ3v) is 9.68. The minimum Gasteiger partial charge on any atom is -0.0544 e. The highest BCUT2D eigenvalue weighted by molar-refractivity contribution is 9.18. The van der Waals surface area contributed by atoms with Crippen molar-refractivity contribution < 1.29 is 0 Å². The summed E-state index contributed by atoms with van der Waals surface area (Å²) >= 11 is 21.6. The van der Waals surface area contributed by atoms with E-state index >= 15 is 0 Å². The molecule has 0 N–H and O–H groups in total. The minimum absolute atomic E-state index is 1.00. The van der Waals surface area contributed by atoms with Crippen LogP contribution in [0.5, 0.6) is 0 Å². The van der Waals surface area contributed by atoms with Gasteiger partial charge < -0.3 is 0 Å². The van der Waals surface area contributed by atoms with Crippen molar-refractivity contribution in [1.29, 1.82) is 0 Å². The van der Waals surface area contributed by atoms with Crippen molar-refractivity contribution in [2.24, 2.45) is 0 Å². The summed E-state index contributed by atoms with van der Waals surface area (Å²) < 4.78 is 6.50. The first-order chi connectivity index (χ1) is 7.45. The summed E-state index contributed by atoms with van der Waals surface area (Å²) in [6.07, 6.45) is 4.44. The summed E-state index contributed by atoms with van der Waals surface area (Å²) in [7, 11) is 0. The molecule has 0 aromatic rings. The maximum absolute atomic E-state index is 3.61. The van der Waals surface area contributed by atoms with Crippen LogP contribution in [0.4, 0.5) is 0 Å². The zero-order chi connectivity index (χ0) is 12.3. The summed E-state index contributed by atoms with van der Waals surface area (Å²) in [6, 6.07) is 0. The Morgan fingerprint density at radius 3 is 1.12 bits per heavy atom. The van der Waals surface area contributed by atoms with E-state index in [1.165, 1.54) is 21.8 Å². The summed E-state index contributed by atoms with van der Waals surface area (Å²) in [5.41, 5.74) is 0. The zero-order valence-electron chi connectivity index (χ0n) is 8.10. The Labute approximate surface area is 146 Å². The molecule has 0 saturated carbocycles. The molecule has 0 aromatic carbocycles. The van der Waals surface area contributed by atoms with Crippen molar-refractivity contribution in [1.82, 2.24) is 0 Å². The largest absolute Gasteiger partial charge is 0.0544 e. The molecule has 0 nitrogen and oxygen atoms in total. The van der Waals surface area contributed by atoms with E-state index < -0.39 is 0 Å². The first-order valence-corrected chi connectivity index (χ1v) is 9.35. The number of allylic oxidation sites excluding steroid dienone is 6. The SMILES string of the molecule is Br/C1=C(Br)/C(Br)=C(Br)\C(Br)=C(\Br)CCCC1. The molecule has 0 heterocycles. The molecule has 0 spiro atoms. The highest BCUT2D eigenvalue weighted by Gasteiger charge is 2.15. The monoisotopic (exact) mass is 602 g/mol. The smallest absolute Gasteiger partial charge is 0.0479 e. The molecule has 0 saturated heterocycles. The van der Waals surface area contributed by atoms with Crippen LogP contribution in [0, 0.1) is 0 Å². The van der Waals surface area contributed by atoms with Gasteiger partial charge in [0.25, 0.3) is 0 Å². The van der Waals surface area contributed by atoms with Crippen LogP contribution in [0.2, 0.25) is 0 Å². The molecule has 0 atom stereocenters. The summed E-state index contributed by atoms with van der Waals surface area (Å²) in [6.45, 7) is 0. The Morgan fingerprint density at radius 2 is 0.812 bits per heavy atom. The molecule has 0 unspecified atom stereocenters. The van der Waals surface area contributed by atoms with E-state index in [2.05, 4.69) is 95.6 Å². The predicted octanol–water partition coefficient (Wildman–Crippen LogP) is 7.56. The fourth-order valence-corrected chi connectivity index (χ4v) is 4.90. The molecular weight excluding hydrogens is 600 g/mol. The van der Waals surface area contributed by atoms with Crippen molar-refractivity contribution >= 4 is 95.6 Å². The number of rotatable bonds is 0. The Hall–Kier alpha value is 2.10. The molecule has 0 fully saturated rings. The summed E-state index contributed by atoms with van der Waals surface area (Å²) in [4.78, 5) is 0. The lowest BCUT2D eigenvalue weighted by molar-refractivity contribution is 0.754. The van der Waals surface area contributed by atoms with Crippen molar-refractivity contribution in [3.63, 3.8) is 0 Å². The molecule has 0 amide bonds. The molecule has 1 aliphatic rings. The second-order valence-electron chi connectivity index (χ2n) is 3.27. The first-order valence-electron chi connectivity index (χ1n) is 4.59. The zero-order valence-corrected chi connectivity index (χ0v) is 17.6. The van der Waals surface area contributed by atoms with E-state index in [9.17, 15) is 0 Å². The maximum atomic E-state index is 3.61. The molecule has 90 valence electrons. The average Bonchev–Trinajstić information content (AvgIpc) is 2.28. The van der Waals surface area contributed by atoms with Crippen LogP contribution in [0.3, 0.4) is 0 Å². The molecule has 1 rings (SSSR count). The Balaban J connectivity index is 3.27. The van der Waals surface area contributed by atoms with Gasteiger partial charge in [-0.25, -0.2) is 0 Å². The van der Waals surface area contributed by atoms with Crippen LogP contribution >= 0.6 is 95.6 Å². The van der Waals surface area contributed by atoms with Gasteiger partial charge in [-0.2, -0.15) is 0 Å². The van der Waals surface area contributed by atoms with E-state index in [4.69, 9.17) is 0 Å². The van der Waals surface area contributed by atoms with E-state index in [0.29, 0.717) is 0 Å². The lowest BCUT2D eigenvalue weighted by Gasteiger charge is -2.11. The van der Waals surface area contributed by atoms with E-state index in [1.807, 2.05) is 0 Å². The van der Waals surface area contributed by atoms with E-state index in [0.717, 1.165) is 30.8 Å². The standard InChI is InChI=1S/C10H8Br6/c11-5-3-1-2-4-6(12)8(14)10(16)9(15)7(5)13/h1-4H2/b7-5-,8-6-,10-9-. The van der Waals surface area contributed by atoms with Crippen molar-refractivity contribution in [2.45, 2.75) is 25.7 Å². The Morgan fingerprint density at radius 1 is 0.500 bits per heavy atom. The quantitative estimate of drug-likeness (QED) is 0.267. The van der Waals surface area contributed by atoms with Crippen molar-refractivity contribution in [2.75, 3.05) is 0 Å². The van der Waals surface area contributed by atoms with Gasteiger partial charge in [0.05, 0.1) is 0 Å². The van der Waals surface area contributed by atoms with E-state index in [-0.39, 0.29) is 0 Å². The molecular formula is C10H8Br6. The fraction of sp³-hybridized carbons (Fsp3) is 0.400. The number of hydrogen-bond acceptors (Lipinski definition) is 0. The highest BCUT2D eigenvalue weighted by atomic mass is 79.9. The minimum atomic E-state index is 1.00. The number of halogens is 6. The fourth-order valence-electron chi connectivity index (χ4n) is 1.21. The normalized spacial score (nSPS) is 34.1. The Bertz CT molecular complexity index is 341. The van der Waals surface area contributed by atoms with Crippen LogP contribution in [-0.2, 0) is 0 Å². The lowest BCUT2D eigenvalue weighted by atomic mass is 10.1. The lowest BCUT2D eigenvalue weighted by Crippen LogP contribution is -1.89. The average molecular weight is 608 g/mol. The van der Waals surface area contributed by atoms with Gasteiger partial charge >= 0.3 is 0 Å². The van der Waals surface area contributed by atoms with Crippen molar-refractivity contribution in [3.05, 3.63) is 26.9 Å². The Kier molecular flexibility index (Phi) is 7.71. The molecule has 0 aromatic heterocycles. The van der Waals surface area contributed by atoms with Gasteiger partial charge in [0.1, 0.15) is 0 Å². The van der Waals surface area contributed by atoms with Crippen LogP contribution in [0.25, 0.3) is 0 Å². The van der Waals surface area contributed by atoms with Crippen LogP contribution < -0.4 is 0 Å². The third kappa shape index (κ3) is 4.34. The molecule has 0 bridgehead atoms. The molecule has 0 aliphatic heterocycles. The van der Waals surface area contributed by atoms with Crippen LogP contribution in [-0.4, -0.2) is 0 Å². The van der Waals surface area contributed by atoms with Gasteiger partial charge in [-0.15, -0.1) is 0 Å². The summed E-state index contributed by atoms with van der Waals surface area (Å²) in [5, 5.41) is 0. The molecule has 6 heteroatoms. The van der Waals surface area contributed by atoms with Gasteiger partial charge in [-0.05, 0) is 89.4 Å². The van der Waals surface area contributed by atoms with Crippen LogP contribution in [0.1, 0.15) is 25.7 Å². The topological polar surface area (TPSA) is 0 Å². The second-order valence-corrected chi connectivity index (χ2v) is 8.36. The molecule has 0 radical (unpaired) electrons.